The van der Waals surface area contributed by atoms with Crippen LogP contribution >= 0.6 is 11.6 Å². The van der Waals surface area contributed by atoms with Crippen molar-refractivity contribution in [1.29, 1.82) is 0 Å². The number of nitrogens with zero attached hydrogens (tertiary/aromatic N) is 4. The SMILES string of the molecule is Cc1c(C(=O)Nc2ccn(C)n2)cnn1-c1cccc(Cl)c1. The molecule has 2 heterocycles. The fourth-order valence-electron chi connectivity index (χ4n) is 2.17. The van der Waals surface area contributed by atoms with Crippen LogP contribution < -0.4 is 5.32 Å². The molecule has 22 heavy (non-hydrogen) atoms. The molecule has 2 aromatic heterocycles. The van der Waals surface area contributed by atoms with Crippen LogP contribution in [0, 0.1) is 6.92 Å². The smallest absolute Gasteiger partial charge is 0.260 e. The van der Waals surface area contributed by atoms with Crippen LogP contribution in [0.25, 0.3) is 5.69 Å². The Balaban J connectivity index is 1.88. The lowest BCUT2D eigenvalue weighted by molar-refractivity contribution is 0.102. The zero-order valence-electron chi connectivity index (χ0n) is 12.1. The second-order valence-corrected chi connectivity index (χ2v) is 5.30. The summed E-state index contributed by atoms with van der Waals surface area (Å²) in [5, 5.41) is 11.8. The Bertz CT molecular complexity index is 836. The summed E-state index contributed by atoms with van der Waals surface area (Å²) in [6.07, 6.45) is 3.30. The van der Waals surface area contributed by atoms with E-state index in [4.69, 9.17) is 11.6 Å². The van der Waals surface area contributed by atoms with Crippen LogP contribution in [0.2, 0.25) is 5.02 Å². The van der Waals surface area contributed by atoms with Gasteiger partial charge in [-0.25, -0.2) is 4.68 Å². The van der Waals surface area contributed by atoms with Crippen LogP contribution in [0.5, 0.6) is 0 Å². The number of aryl methyl sites for hydroxylation is 1. The lowest BCUT2D eigenvalue weighted by Gasteiger charge is -2.06. The van der Waals surface area contributed by atoms with Gasteiger partial charge in [-0.2, -0.15) is 10.2 Å². The van der Waals surface area contributed by atoms with Gasteiger partial charge in [-0.3, -0.25) is 9.48 Å². The highest BCUT2D eigenvalue weighted by Gasteiger charge is 2.16. The predicted octanol–water partition coefficient (Wildman–Crippen LogP) is 2.82. The Morgan fingerprint density at radius 3 is 2.82 bits per heavy atom. The summed E-state index contributed by atoms with van der Waals surface area (Å²) in [7, 11) is 1.79. The van der Waals surface area contributed by atoms with E-state index in [9.17, 15) is 4.79 Å². The molecule has 0 saturated carbocycles. The highest BCUT2D eigenvalue weighted by Crippen LogP contribution is 2.18. The quantitative estimate of drug-likeness (QED) is 0.808. The number of rotatable bonds is 3. The van der Waals surface area contributed by atoms with Crippen LogP contribution in [0.1, 0.15) is 16.1 Å². The Labute approximate surface area is 132 Å². The van der Waals surface area contributed by atoms with Gasteiger partial charge in [0.15, 0.2) is 5.82 Å². The topological polar surface area (TPSA) is 64.7 Å². The lowest BCUT2D eigenvalue weighted by atomic mass is 10.2. The standard InChI is InChI=1S/C15H14ClN5O/c1-10-13(15(22)18-14-6-7-20(2)19-14)9-17-21(10)12-5-3-4-11(16)8-12/h3-9H,1-2H3,(H,18,19,22). The molecule has 0 aliphatic rings. The number of halogens is 1. The molecule has 112 valence electrons. The van der Waals surface area contributed by atoms with Gasteiger partial charge in [0, 0.05) is 24.3 Å². The zero-order valence-corrected chi connectivity index (χ0v) is 12.9. The molecule has 0 saturated heterocycles. The molecule has 0 atom stereocenters. The number of amides is 1. The van der Waals surface area contributed by atoms with Crippen molar-refractivity contribution in [3.63, 3.8) is 0 Å². The van der Waals surface area contributed by atoms with E-state index in [-0.39, 0.29) is 5.91 Å². The van der Waals surface area contributed by atoms with Gasteiger partial charge in [0.05, 0.1) is 23.1 Å². The Kier molecular flexibility index (Phi) is 3.68. The number of hydrogen-bond donors (Lipinski definition) is 1. The van der Waals surface area contributed by atoms with E-state index in [0.29, 0.717) is 16.4 Å². The van der Waals surface area contributed by atoms with E-state index >= 15 is 0 Å². The third kappa shape index (κ3) is 2.73. The van der Waals surface area contributed by atoms with Crippen molar-refractivity contribution in [2.75, 3.05) is 5.32 Å². The first-order chi connectivity index (χ1) is 10.5. The Morgan fingerprint density at radius 2 is 2.14 bits per heavy atom. The zero-order chi connectivity index (χ0) is 15.7. The van der Waals surface area contributed by atoms with Gasteiger partial charge < -0.3 is 5.32 Å². The number of carbonyl (C=O) groups excluding carboxylic acids is 1. The fourth-order valence-corrected chi connectivity index (χ4v) is 2.35. The van der Waals surface area contributed by atoms with Gasteiger partial charge in [0.2, 0.25) is 0 Å². The molecule has 0 fully saturated rings. The van der Waals surface area contributed by atoms with Crippen molar-refractivity contribution in [2.24, 2.45) is 7.05 Å². The maximum atomic E-state index is 12.3. The minimum absolute atomic E-state index is 0.246. The fraction of sp³-hybridized carbons (Fsp3) is 0.133. The maximum Gasteiger partial charge on any atom is 0.260 e. The van der Waals surface area contributed by atoms with Crippen LogP contribution in [0.3, 0.4) is 0 Å². The van der Waals surface area contributed by atoms with E-state index in [1.807, 2.05) is 19.1 Å². The van der Waals surface area contributed by atoms with Crippen LogP contribution in [-0.2, 0) is 7.05 Å². The summed E-state index contributed by atoms with van der Waals surface area (Å²) < 4.78 is 3.30. The third-order valence-corrected chi connectivity index (χ3v) is 3.50. The molecular weight excluding hydrogens is 302 g/mol. The summed E-state index contributed by atoms with van der Waals surface area (Å²) in [6, 6.07) is 9.04. The molecule has 0 aliphatic heterocycles. The lowest BCUT2D eigenvalue weighted by Crippen LogP contribution is -2.13. The summed E-state index contributed by atoms with van der Waals surface area (Å²) >= 11 is 6.00. The average molecular weight is 316 g/mol. The highest BCUT2D eigenvalue weighted by molar-refractivity contribution is 6.30. The van der Waals surface area contributed by atoms with Crippen molar-refractivity contribution in [3.05, 3.63) is 59.0 Å². The first-order valence-electron chi connectivity index (χ1n) is 6.66. The van der Waals surface area contributed by atoms with Crippen LogP contribution in [0.4, 0.5) is 5.82 Å². The van der Waals surface area contributed by atoms with E-state index < -0.39 is 0 Å². The number of hydrogen-bond acceptors (Lipinski definition) is 3. The second-order valence-electron chi connectivity index (χ2n) is 4.86. The van der Waals surface area contributed by atoms with Crippen molar-refractivity contribution < 1.29 is 4.79 Å². The van der Waals surface area contributed by atoms with E-state index in [0.717, 1.165) is 11.4 Å². The molecule has 0 radical (unpaired) electrons. The van der Waals surface area contributed by atoms with E-state index in [1.54, 1.807) is 40.8 Å². The number of carbonyl (C=O) groups is 1. The molecule has 1 aromatic carbocycles. The molecule has 0 aliphatic carbocycles. The van der Waals surface area contributed by atoms with E-state index in [2.05, 4.69) is 15.5 Å². The van der Waals surface area contributed by atoms with Crippen LogP contribution in [0.15, 0.2) is 42.7 Å². The summed E-state index contributed by atoms with van der Waals surface area (Å²) in [4.78, 5) is 12.3. The van der Waals surface area contributed by atoms with Gasteiger partial charge in [-0.05, 0) is 25.1 Å². The summed E-state index contributed by atoms with van der Waals surface area (Å²) in [6.45, 7) is 1.83. The Hall–Kier alpha value is -2.60. The first kappa shape index (κ1) is 14.3. The molecule has 0 spiro atoms. The summed E-state index contributed by atoms with van der Waals surface area (Å²) in [5.41, 5.74) is 2.03. The highest BCUT2D eigenvalue weighted by atomic mass is 35.5. The summed E-state index contributed by atoms with van der Waals surface area (Å²) in [5.74, 6) is 0.256. The molecule has 7 heteroatoms. The number of benzene rings is 1. The van der Waals surface area contributed by atoms with Crippen LogP contribution in [-0.4, -0.2) is 25.5 Å². The Morgan fingerprint density at radius 1 is 1.32 bits per heavy atom. The van der Waals surface area contributed by atoms with Gasteiger partial charge >= 0.3 is 0 Å². The van der Waals surface area contributed by atoms with E-state index in [1.165, 1.54) is 6.20 Å². The number of anilines is 1. The molecule has 0 bridgehead atoms. The van der Waals surface area contributed by atoms with Gasteiger partial charge in [-0.15, -0.1) is 0 Å². The minimum Gasteiger partial charge on any atom is -0.305 e. The second kappa shape index (κ2) is 5.65. The maximum absolute atomic E-state index is 12.3. The molecule has 1 amide bonds. The third-order valence-electron chi connectivity index (χ3n) is 3.26. The van der Waals surface area contributed by atoms with Gasteiger partial charge in [0.1, 0.15) is 0 Å². The molecule has 3 rings (SSSR count). The average Bonchev–Trinajstić information content (AvgIpc) is 3.05. The van der Waals surface area contributed by atoms with Gasteiger partial charge in [0.25, 0.3) is 5.91 Å². The molecule has 3 aromatic rings. The molecule has 1 N–H and O–H groups in total. The van der Waals surface area contributed by atoms with Gasteiger partial charge in [-0.1, -0.05) is 17.7 Å². The normalized spacial score (nSPS) is 10.7. The minimum atomic E-state index is -0.246. The first-order valence-corrected chi connectivity index (χ1v) is 7.04. The van der Waals surface area contributed by atoms with Crippen molar-refractivity contribution >= 4 is 23.3 Å². The largest absolute Gasteiger partial charge is 0.305 e. The monoisotopic (exact) mass is 315 g/mol. The number of nitrogens with one attached hydrogen (secondary N) is 1. The molecule has 6 nitrogen and oxygen atoms in total. The molecular formula is C15H14ClN5O. The number of aromatic nitrogens is 4. The van der Waals surface area contributed by atoms with Crippen molar-refractivity contribution in [3.8, 4) is 5.69 Å². The predicted molar refractivity (Wildman–Crippen MR) is 84.5 cm³/mol. The molecule has 0 unspecified atom stereocenters. The van der Waals surface area contributed by atoms with Crippen molar-refractivity contribution in [2.45, 2.75) is 6.92 Å². The van der Waals surface area contributed by atoms with Crippen molar-refractivity contribution in [1.82, 2.24) is 19.6 Å².